The van der Waals surface area contributed by atoms with E-state index in [4.69, 9.17) is 0 Å². The Balaban J connectivity index is 3.05. The molecule has 134 valence electrons. The number of rotatable bonds is 11. The van der Waals surface area contributed by atoms with Crippen molar-refractivity contribution in [2.75, 3.05) is 0 Å². The van der Waals surface area contributed by atoms with Crippen LogP contribution in [0.5, 0.6) is 0 Å². The predicted molar refractivity (Wildman–Crippen MR) is 88.6 cm³/mol. The molecule has 3 nitrogen and oxygen atoms in total. The summed E-state index contributed by atoms with van der Waals surface area (Å²) >= 11 is 0. The Morgan fingerprint density at radius 2 is 1.50 bits per heavy atom. The third-order valence-corrected chi connectivity index (χ3v) is 4.03. The highest BCUT2D eigenvalue weighted by Crippen LogP contribution is 2.33. The van der Waals surface area contributed by atoms with Gasteiger partial charge in [0.15, 0.2) is 0 Å². The average Bonchev–Trinajstić information content (AvgIpc) is 2.50. The van der Waals surface area contributed by atoms with Gasteiger partial charge in [-0.1, -0.05) is 32.8 Å². The number of carbonyl (C=O) groups excluding carboxylic acids is 2. The molecule has 0 radical (unpaired) electrons. The molecule has 1 rings (SSSR count). The zero-order chi connectivity index (χ0) is 18.2. The smallest absolute Gasteiger partial charge is 0.136 e. The van der Waals surface area contributed by atoms with Crippen LogP contribution in [-0.4, -0.2) is 16.7 Å². The van der Waals surface area contributed by atoms with Crippen LogP contribution in [0, 0.1) is 11.6 Å². The average molecular weight is 340 g/mol. The van der Waals surface area contributed by atoms with Crippen molar-refractivity contribution in [2.24, 2.45) is 0 Å². The summed E-state index contributed by atoms with van der Waals surface area (Å²) in [4.78, 5) is 24.2. The van der Waals surface area contributed by atoms with Crippen molar-refractivity contribution in [3.63, 3.8) is 0 Å². The van der Waals surface area contributed by atoms with Gasteiger partial charge in [-0.15, -0.1) is 0 Å². The van der Waals surface area contributed by atoms with Crippen molar-refractivity contribution >= 4 is 11.6 Å². The minimum Gasteiger partial charge on any atom is -0.384 e. The quantitative estimate of drug-likeness (QED) is 0.647. The lowest BCUT2D eigenvalue weighted by Crippen LogP contribution is -2.33. The van der Waals surface area contributed by atoms with E-state index in [-0.39, 0.29) is 42.8 Å². The van der Waals surface area contributed by atoms with E-state index in [0.29, 0.717) is 18.9 Å². The Morgan fingerprint density at radius 1 is 1.00 bits per heavy atom. The third-order valence-electron chi connectivity index (χ3n) is 4.03. The van der Waals surface area contributed by atoms with Crippen LogP contribution in [0.2, 0.25) is 0 Å². The first-order valence-electron chi connectivity index (χ1n) is 8.53. The van der Waals surface area contributed by atoms with Gasteiger partial charge in [0.05, 0.1) is 0 Å². The molecule has 0 unspecified atom stereocenters. The third kappa shape index (κ3) is 6.11. The van der Waals surface area contributed by atoms with Gasteiger partial charge in [0.1, 0.15) is 28.8 Å². The van der Waals surface area contributed by atoms with Gasteiger partial charge in [-0.3, -0.25) is 9.59 Å². The highest BCUT2D eigenvalue weighted by molar-refractivity contribution is 5.83. The lowest BCUT2D eigenvalue weighted by Gasteiger charge is -2.28. The standard InChI is InChI=1S/C19H26F2O3/c1-3-5-7-15(22)12-19(24,13-16(23)8-6-4-2)17-10-9-14(20)11-18(17)21/h9-11,24H,3-8,12-13H2,1-2H3. The first kappa shape index (κ1) is 20.4. The molecule has 0 saturated heterocycles. The summed E-state index contributed by atoms with van der Waals surface area (Å²) in [5, 5.41) is 10.9. The molecule has 1 aromatic carbocycles. The van der Waals surface area contributed by atoms with Gasteiger partial charge in [-0.2, -0.15) is 0 Å². The monoisotopic (exact) mass is 340 g/mol. The van der Waals surface area contributed by atoms with Crippen LogP contribution in [0.1, 0.15) is 70.8 Å². The van der Waals surface area contributed by atoms with Gasteiger partial charge < -0.3 is 5.11 Å². The van der Waals surface area contributed by atoms with Gasteiger partial charge in [-0.05, 0) is 18.9 Å². The van der Waals surface area contributed by atoms with E-state index in [0.717, 1.165) is 25.0 Å². The molecule has 0 heterocycles. The van der Waals surface area contributed by atoms with E-state index in [1.54, 1.807) is 0 Å². The molecule has 0 aliphatic heterocycles. The zero-order valence-corrected chi connectivity index (χ0v) is 14.4. The van der Waals surface area contributed by atoms with Crippen molar-refractivity contribution in [2.45, 2.75) is 70.8 Å². The normalized spacial score (nSPS) is 11.5. The summed E-state index contributed by atoms with van der Waals surface area (Å²) in [6.45, 7) is 3.88. The van der Waals surface area contributed by atoms with Crippen LogP contribution in [-0.2, 0) is 15.2 Å². The fourth-order valence-electron chi connectivity index (χ4n) is 2.70. The molecule has 0 atom stereocenters. The topological polar surface area (TPSA) is 54.4 Å². The second kappa shape index (κ2) is 9.62. The van der Waals surface area contributed by atoms with Gasteiger partial charge in [0.25, 0.3) is 0 Å². The van der Waals surface area contributed by atoms with Crippen molar-refractivity contribution < 1.29 is 23.5 Å². The van der Waals surface area contributed by atoms with Gasteiger partial charge in [-0.25, -0.2) is 8.78 Å². The fourth-order valence-corrected chi connectivity index (χ4v) is 2.70. The summed E-state index contributed by atoms with van der Waals surface area (Å²) < 4.78 is 27.3. The van der Waals surface area contributed by atoms with Crippen LogP contribution in [0.3, 0.4) is 0 Å². The van der Waals surface area contributed by atoms with Crippen LogP contribution in [0.15, 0.2) is 18.2 Å². The molecule has 0 amide bonds. The fraction of sp³-hybridized carbons (Fsp3) is 0.579. The number of ketones is 2. The lowest BCUT2D eigenvalue weighted by molar-refractivity contribution is -0.130. The molecule has 0 fully saturated rings. The number of hydrogen-bond acceptors (Lipinski definition) is 3. The second-order valence-electron chi connectivity index (χ2n) is 6.29. The van der Waals surface area contributed by atoms with Crippen molar-refractivity contribution in [3.05, 3.63) is 35.4 Å². The Bertz CT molecular complexity index is 548. The van der Waals surface area contributed by atoms with E-state index in [1.807, 2.05) is 13.8 Å². The number of hydrogen-bond donors (Lipinski definition) is 1. The maximum Gasteiger partial charge on any atom is 0.136 e. The molecule has 0 bridgehead atoms. The molecular formula is C19H26F2O3. The Morgan fingerprint density at radius 3 is 1.92 bits per heavy atom. The van der Waals surface area contributed by atoms with Crippen LogP contribution < -0.4 is 0 Å². The molecule has 0 aliphatic rings. The Kier molecular flexibility index (Phi) is 8.19. The minimum atomic E-state index is -1.92. The molecule has 5 heteroatoms. The van der Waals surface area contributed by atoms with Crippen LogP contribution >= 0.6 is 0 Å². The predicted octanol–water partition coefficient (Wildman–Crippen LogP) is 4.45. The Hall–Kier alpha value is -1.62. The van der Waals surface area contributed by atoms with Crippen molar-refractivity contribution in [3.8, 4) is 0 Å². The number of benzene rings is 1. The zero-order valence-electron chi connectivity index (χ0n) is 14.4. The molecule has 24 heavy (non-hydrogen) atoms. The highest BCUT2D eigenvalue weighted by atomic mass is 19.1. The van der Waals surface area contributed by atoms with Crippen molar-refractivity contribution in [1.29, 1.82) is 0 Å². The summed E-state index contributed by atoms with van der Waals surface area (Å²) in [6, 6.07) is 2.80. The maximum absolute atomic E-state index is 14.1. The minimum absolute atomic E-state index is 0.196. The van der Waals surface area contributed by atoms with Gasteiger partial charge in [0.2, 0.25) is 0 Å². The van der Waals surface area contributed by atoms with E-state index >= 15 is 0 Å². The van der Waals surface area contributed by atoms with Gasteiger partial charge >= 0.3 is 0 Å². The first-order chi connectivity index (χ1) is 11.3. The van der Waals surface area contributed by atoms with Crippen LogP contribution in [0.25, 0.3) is 0 Å². The van der Waals surface area contributed by atoms with E-state index in [2.05, 4.69) is 0 Å². The van der Waals surface area contributed by atoms with E-state index < -0.39 is 17.2 Å². The van der Waals surface area contributed by atoms with E-state index in [1.165, 1.54) is 0 Å². The second-order valence-corrected chi connectivity index (χ2v) is 6.29. The van der Waals surface area contributed by atoms with Crippen molar-refractivity contribution in [1.82, 2.24) is 0 Å². The number of unbranched alkanes of at least 4 members (excludes halogenated alkanes) is 2. The number of halogens is 2. The number of carbonyl (C=O) groups is 2. The molecule has 1 aromatic rings. The summed E-state index contributed by atoms with van der Waals surface area (Å²) in [6.07, 6.45) is 2.85. The molecule has 0 aliphatic carbocycles. The summed E-state index contributed by atoms with van der Waals surface area (Å²) in [5.41, 5.74) is -2.12. The molecule has 0 saturated carbocycles. The SMILES string of the molecule is CCCCC(=O)CC(O)(CC(=O)CCCC)c1ccc(F)cc1F. The van der Waals surface area contributed by atoms with Crippen LogP contribution in [0.4, 0.5) is 8.78 Å². The Labute approximate surface area is 142 Å². The molecular weight excluding hydrogens is 314 g/mol. The molecule has 0 aromatic heterocycles. The first-order valence-corrected chi connectivity index (χ1v) is 8.53. The molecule has 1 N–H and O–H groups in total. The van der Waals surface area contributed by atoms with E-state index in [9.17, 15) is 23.5 Å². The maximum atomic E-state index is 14.1. The van der Waals surface area contributed by atoms with Gasteiger partial charge in [0, 0.05) is 37.3 Å². The molecule has 0 spiro atoms. The summed E-state index contributed by atoms with van der Waals surface area (Å²) in [5.74, 6) is -2.17. The summed E-state index contributed by atoms with van der Waals surface area (Å²) in [7, 11) is 0. The lowest BCUT2D eigenvalue weighted by atomic mass is 9.82. The number of Topliss-reactive ketones (excluding diaryl/α,β-unsaturated/α-hetero) is 2. The highest BCUT2D eigenvalue weighted by Gasteiger charge is 2.36. The largest absolute Gasteiger partial charge is 0.384 e. The number of aliphatic hydroxyl groups is 1.